The molecule has 1 aliphatic heterocycles. The average molecular weight is 337 g/mol. The predicted octanol–water partition coefficient (Wildman–Crippen LogP) is 2.57. The SMILES string of the molecule is C[C@H](NC(=O)[C@@H]1CSCN1C(=O)OC(C)(C)C)c1ccccn1. The Hall–Kier alpha value is -1.76. The molecule has 0 bridgehead atoms. The lowest BCUT2D eigenvalue weighted by molar-refractivity contribution is -0.125. The zero-order valence-electron chi connectivity index (χ0n) is 13.9. The second-order valence-electron chi connectivity index (χ2n) is 6.45. The molecule has 6 nitrogen and oxygen atoms in total. The van der Waals surface area contributed by atoms with Gasteiger partial charge in [0.2, 0.25) is 5.91 Å². The van der Waals surface area contributed by atoms with Crippen LogP contribution in [0.4, 0.5) is 4.79 Å². The van der Waals surface area contributed by atoms with Crippen LogP contribution in [-0.2, 0) is 9.53 Å². The number of thioether (sulfide) groups is 1. The van der Waals surface area contributed by atoms with E-state index in [0.29, 0.717) is 11.6 Å². The molecule has 1 aliphatic rings. The summed E-state index contributed by atoms with van der Waals surface area (Å²) >= 11 is 1.54. The van der Waals surface area contributed by atoms with E-state index in [-0.39, 0.29) is 11.9 Å². The van der Waals surface area contributed by atoms with Crippen LogP contribution >= 0.6 is 11.8 Å². The number of pyridine rings is 1. The van der Waals surface area contributed by atoms with Crippen molar-refractivity contribution >= 4 is 23.8 Å². The summed E-state index contributed by atoms with van der Waals surface area (Å²) in [4.78, 5) is 30.5. The van der Waals surface area contributed by atoms with Crippen molar-refractivity contribution in [3.8, 4) is 0 Å². The molecule has 1 aromatic heterocycles. The van der Waals surface area contributed by atoms with E-state index in [0.717, 1.165) is 5.69 Å². The molecule has 0 radical (unpaired) electrons. The molecule has 0 aromatic carbocycles. The third-order valence-corrected chi connectivity index (χ3v) is 4.32. The average Bonchev–Trinajstić information content (AvgIpc) is 2.96. The van der Waals surface area contributed by atoms with E-state index in [1.165, 1.54) is 4.90 Å². The van der Waals surface area contributed by atoms with Crippen molar-refractivity contribution in [3.63, 3.8) is 0 Å². The minimum Gasteiger partial charge on any atom is -0.444 e. The van der Waals surface area contributed by atoms with Gasteiger partial charge in [-0.05, 0) is 39.8 Å². The van der Waals surface area contributed by atoms with E-state index < -0.39 is 17.7 Å². The second kappa shape index (κ2) is 7.21. The Morgan fingerprint density at radius 3 is 2.78 bits per heavy atom. The topological polar surface area (TPSA) is 71.5 Å². The molecule has 0 saturated carbocycles. The first kappa shape index (κ1) is 17.6. The Morgan fingerprint density at radius 2 is 2.17 bits per heavy atom. The normalized spacial score (nSPS) is 19.3. The number of carbonyl (C=O) groups is 2. The van der Waals surface area contributed by atoms with Crippen molar-refractivity contribution in [2.45, 2.75) is 45.4 Å². The summed E-state index contributed by atoms with van der Waals surface area (Å²) in [5.41, 5.74) is 0.211. The van der Waals surface area contributed by atoms with Crippen LogP contribution in [0, 0.1) is 0 Å². The number of nitrogens with zero attached hydrogens (tertiary/aromatic N) is 2. The molecule has 23 heavy (non-hydrogen) atoms. The van der Waals surface area contributed by atoms with Crippen molar-refractivity contribution in [2.24, 2.45) is 0 Å². The highest BCUT2D eigenvalue weighted by molar-refractivity contribution is 7.99. The zero-order valence-corrected chi connectivity index (χ0v) is 14.7. The maximum Gasteiger partial charge on any atom is 0.411 e. The maximum absolute atomic E-state index is 12.5. The Kier molecular flexibility index (Phi) is 5.51. The molecule has 126 valence electrons. The van der Waals surface area contributed by atoms with E-state index in [1.54, 1.807) is 18.0 Å². The second-order valence-corrected chi connectivity index (χ2v) is 7.45. The Morgan fingerprint density at radius 1 is 1.43 bits per heavy atom. The molecular formula is C16H23N3O3S. The molecule has 0 aliphatic carbocycles. The lowest BCUT2D eigenvalue weighted by atomic mass is 10.2. The summed E-state index contributed by atoms with van der Waals surface area (Å²) in [7, 11) is 0. The number of aromatic nitrogens is 1. The zero-order chi connectivity index (χ0) is 17.0. The molecule has 1 N–H and O–H groups in total. The van der Waals surface area contributed by atoms with Crippen LogP contribution in [0.2, 0.25) is 0 Å². The summed E-state index contributed by atoms with van der Waals surface area (Å²) < 4.78 is 5.37. The highest BCUT2D eigenvalue weighted by Crippen LogP contribution is 2.24. The van der Waals surface area contributed by atoms with E-state index in [1.807, 2.05) is 45.9 Å². The monoisotopic (exact) mass is 337 g/mol. The third-order valence-electron chi connectivity index (χ3n) is 3.30. The molecule has 2 amide bonds. The predicted molar refractivity (Wildman–Crippen MR) is 90.0 cm³/mol. The fourth-order valence-corrected chi connectivity index (χ4v) is 3.32. The Bertz CT molecular complexity index is 559. The maximum atomic E-state index is 12.5. The first-order valence-electron chi connectivity index (χ1n) is 7.56. The summed E-state index contributed by atoms with van der Waals surface area (Å²) in [6.07, 6.45) is 1.24. The molecule has 0 spiro atoms. The van der Waals surface area contributed by atoms with Crippen LogP contribution in [0.1, 0.15) is 39.4 Å². The number of hydrogen-bond donors (Lipinski definition) is 1. The van der Waals surface area contributed by atoms with Gasteiger partial charge in [-0.3, -0.25) is 14.7 Å². The van der Waals surface area contributed by atoms with Gasteiger partial charge in [-0.25, -0.2) is 4.79 Å². The van der Waals surface area contributed by atoms with Crippen LogP contribution in [0.25, 0.3) is 0 Å². The highest BCUT2D eigenvalue weighted by Gasteiger charge is 2.37. The van der Waals surface area contributed by atoms with Gasteiger partial charge in [-0.15, -0.1) is 11.8 Å². The summed E-state index contributed by atoms with van der Waals surface area (Å²) in [5, 5.41) is 2.92. The van der Waals surface area contributed by atoms with Crippen molar-refractivity contribution < 1.29 is 14.3 Å². The third kappa shape index (κ3) is 4.86. The first-order chi connectivity index (χ1) is 10.8. The first-order valence-corrected chi connectivity index (χ1v) is 8.72. The van der Waals surface area contributed by atoms with E-state index >= 15 is 0 Å². The summed E-state index contributed by atoms with van der Waals surface area (Å²) in [5.74, 6) is 0.851. The van der Waals surface area contributed by atoms with Gasteiger partial charge in [-0.2, -0.15) is 0 Å². The molecule has 7 heteroatoms. The Balaban J connectivity index is 1.99. The van der Waals surface area contributed by atoms with Gasteiger partial charge in [0.05, 0.1) is 17.6 Å². The van der Waals surface area contributed by atoms with Crippen molar-refractivity contribution in [1.29, 1.82) is 0 Å². The van der Waals surface area contributed by atoms with Crippen LogP contribution in [0.3, 0.4) is 0 Å². The van der Waals surface area contributed by atoms with Crippen LogP contribution in [-0.4, -0.2) is 45.2 Å². The van der Waals surface area contributed by atoms with Crippen LogP contribution in [0.5, 0.6) is 0 Å². The molecule has 0 unspecified atom stereocenters. The number of carbonyl (C=O) groups excluding carboxylic acids is 2. The molecule has 1 aromatic rings. The van der Waals surface area contributed by atoms with Crippen molar-refractivity contribution in [3.05, 3.63) is 30.1 Å². The molecule has 1 saturated heterocycles. The minimum absolute atomic E-state index is 0.181. The number of ether oxygens (including phenoxy) is 1. The quantitative estimate of drug-likeness (QED) is 0.918. The number of rotatable bonds is 3. The molecule has 1 fully saturated rings. The fourth-order valence-electron chi connectivity index (χ4n) is 2.18. The van der Waals surface area contributed by atoms with Gasteiger partial charge >= 0.3 is 6.09 Å². The van der Waals surface area contributed by atoms with Gasteiger partial charge in [0.15, 0.2) is 0 Å². The number of hydrogen-bond acceptors (Lipinski definition) is 5. The molecular weight excluding hydrogens is 314 g/mol. The molecule has 2 atom stereocenters. The van der Waals surface area contributed by atoms with E-state index in [9.17, 15) is 9.59 Å². The minimum atomic E-state index is -0.577. The van der Waals surface area contributed by atoms with E-state index in [2.05, 4.69) is 10.3 Å². The molecule has 2 rings (SSSR count). The highest BCUT2D eigenvalue weighted by atomic mass is 32.2. The van der Waals surface area contributed by atoms with Gasteiger partial charge in [-0.1, -0.05) is 6.07 Å². The van der Waals surface area contributed by atoms with Gasteiger partial charge in [0.25, 0.3) is 0 Å². The number of amides is 2. The standard InChI is InChI=1S/C16H23N3O3S/c1-11(12-7-5-6-8-17-12)18-14(20)13-9-23-10-19(13)15(21)22-16(2,3)4/h5-8,11,13H,9-10H2,1-4H3,(H,18,20)/t11-,13-/m0/s1. The smallest absolute Gasteiger partial charge is 0.411 e. The summed E-state index contributed by atoms with van der Waals surface area (Å²) in [6.45, 7) is 7.31. The molecule has 2 heterocycles. The van der Waals surface area contributed by atoms with E-state index in [4.69, 9.17) is 4.74 Å². The summed E-state index contributed by atoms with van der Waals surface area (Å²) in [6, 6.07) is 4.84. The van der Waals surface area contributed by atoms with Gasteiger partial charge < -0.3 is 10.1 Å². The van der Waals surface area contributed by atoms with Crippen molar-refractivity contribution in [1.82, 2.24) is 15.2 Å². The number of nitrogens with one attached hydrogen (secondary N) is 1. The van der Waals surface area contributed by atoms with Gasteiger partial charge in [0.1, 0.15) is 11.6 Å². The van der Waals surface area contributed by atoms with Crippen LogP contribution in [0.15, 0.2) is 24.4 Å². The fraction of sp³-hybridized carbons (Fsp3) is 0.562. The van der Waals surface area contributed by atoms with Gasteiger partial charge in [0, 0.05) is 11.9 Å². The lowest BCUT2D eigenvalue weighted by Crippen LogP contribution is -2.49. The largest absolute Gasteiger partial charge is 0.444 e. The Labute approximate surface area is 141 Å². The van der Waals surface area contributed by atoms with Crippen LogP contribution < -0.4 is 5.32 Å². The van der Waals surface area contributed by atoms with Crippen molar-refractivity contribution in [2.75, 3.05) is 11.6 Å². The lowest BCUT2D eigenvalue weighted by Gasteiger charge is -2.28.